The predicted molar refractivity (Wildman–Crippen MR) is 99.7 cm³/mol. The molecule has 3 atom stereocenters. The molecule has 3 fully saturated rings. The van der Waals surface area contributed by atoms with E-state index in [1.54, 1.807) is 0 Å². The number of ether oxygens (including phenoxy) is 1. The highest BCUT2D eigenvalue weighted by atomic mass is 16.5. The molecule has 0 bridgehead atoms. The van der Waals surface area contributed by atoms with Gasteiger partial charge in [0.15, 0.2) is 0 Å². The zero-order chi connectivity index (χ0) is 17.9. The monoisotopic (exact) mass is 358 g/mol. The standard InChI is InChI=1S/C20H30N4O2/c1-22(13-16-4-3-7-21-12-16)19-6-2-5-17-14-24(15-18(17)19)20(25)23-8-10-26-11-9-23/h3-4,7,12,17-19H,2,5-6,8-11,13-15H2,1H3/t17-,18+,19?/m1/s1. The van der Waals surface area contributed by atoms with Gasteiger partial charge in [-0.15, -0.1) is 0 Å². The van der Waals surface area contributed by atoms with Gasteiger partial charge in [0.1, 0.15) is 0 Å². The van der Waals surface area contributed by atoms with E-state index in [1.807, 2.05) is 23.4 Å². The lowest BCUT2D eigenvalue weighted by atomic mass is 9.77. The normalized spacial score (nSPS) is 29.1. The lowest BCUT2D eigenvalue weighted by Crippen LogP contribution is -2.48. The number of hydrogen-bond donors (Lipinski definition) is 0. The van der Waals surface area contributed by atoms with E-state index >= 15 is 0 Å². The van der Waals surface area contributed by atoms with Gasteiger partial charge in [-0.05, 0) is 43.4 Å². The van der Waals surface area contributed by atoms with Gasteiger partial charge in [-0.1, -0.05) is 12.5 Å². The number of urea groups is 1. The van der Waals surface area contributed by atoms with Gasteiger partial charge in [-0.25, -0.2) is 4.79 Å². The quantitative estimate of drug-likeness (QED) is 0.830. The minimum absolute atomic E-state index is 0.219. The van der Waals surface area contributed by atoms with Gasteiger partial charge in [-0.2, -0.15) is 0 Å². The summed E-state index contributed by atoms with van der Waals surface area (Å²) in [5.74, 6) is 1.24. The first kappa shape index (κ1) is 17.7. The SMILES string of the molecule is CN(Cc1cccnc1)C1CCC[C@@H]2CN(C(=O)N3CCOCC3)C[C@H]12. The minimum atomic E-state index is 0.219. The Hall–Kier alpha value is -1.66. The summed E-state index contributed by atoms with van der Waals surface area (Å²) < 4.78 is 5.39. The van der Waals surface area contributed by atoms with Crippen LogP contribution in [0.3, 0.4) is 0 Å². The van der Waals surface area contributed by atoms with Crippen LogP contribution in [-0.4, -0.2) is 78.2 Å². The zero-order valence-corrected chi connectivity index (χ0v) is 15.7. The van der Waals surface area contributed by atoms with E-state index in [-0.39, 0.29) is 6.03 Å². The van der Waals surface area contributed by atoms with Crippen molar-refractivity contribution in [3.05, 3.63) is 30.1 Å². The molecule has 26 heavy (non-hydrogen) atoms. The number of carbonyl (C=O) groups is 1. The van der Waals surface area contributed by atoms with Gasteiger partial charge >= 0.3 is 6.03 Å². The number of hydrogen-bond acceptors (Lipinski definition) is 4. The van der Waals surface area contributed by atoms with E-state index in [0.717, 1.165) is 32.7 Å². The summed E-state index contributed by atoms with van der Waals surface area (Å²) in [6.45, 7) is 5.57. The first-order valence-corrected chi connectivity index (χ1v) is 9.93. The van der Waals surface area contributed by atoms with Crippen LogP contribution in [0.15, 0.2) is 24.5 Å². The molecule has 1 saturated carbocycles. The number of carbonyl (C=O) groups excluding carboxylic acids is 1. The summed E-state index contributed by atoms with van der Waals surface area (Å²) in [5.41, 5.74) is 1.26. The van der Waals surface area contributed by atoms with E-state index in [9.17, 15) is 4.79 Å². The van der Waals surface area contributed by atoms with Crippen LogP contribution >= 0.6 is 0 Å². The second-order valence-electron chi connectivity index (χ2n) is 7.99. The van der Waals surface area contributed by atoms with E-state index in [1.165, 1.54) is 24.8 Å². The highest BCUT2D eigenvalue weighted by Crippen LogP contribution is 2.39. The summed E-state index contributed by atoms with van der Waals surface area (Å²) in [5, 5.41) is 0. The number of amides is 2. The van der Waals surface area contributed by atoms with Crippen molar-refractivity contribution in [1.82, 2.24) is 19.7 Å². The smallest absolute Gasteiger partial charge is 0.320 e. The van der Waals surface area contributed by atoms with Crippen molar-refractivity contribution in [2.24, 2.45) is 11.8 Å². The number of fused-ring (bicyclic) bond motifs is 1. The van der Waals surface area contributed by atoms with Gasteiger partial charge in [0, 0.05) is 51.2 Å². The van der Waals surface area contributed by atoms with Gasteiger partial charge in [0.05, 0.1) is 13.2 Å². The molecule has 4 rings (SSSR count). The van der Waals surface area contributed by atoms with Gasteiger partial charge in [0.25, 0.3) is 0 Å². The number of pyridine rings is 1. The van der Waals surface area contributed by atoms with Crippen LogP contribution in [0.5, 0.6) is 0 Å². The van der Waals surface area contributed by atoms with Crippen LogP contribution in [0.25, 0.3) is 0 Å². The largest absolute Gasteiger partial charge is 0.378 e. The number of likely N-dealkylation sites (tertiary alicyclic amines) is 1. The molecule has 3 aliphatic rings. The molecular formula is C20H30N4O2. The Bertz CT molecular complexity index is 605. The Balaban J connectivity index is 1.40. The van der Waals surface area contributed by atoms with E-state index in [4.69, 9.17) is 4.74 Å². The number of aromatic nitrogens is 1. The fourth-order valence-electron chi connectivity index (χ4n) is 5.00. The molecule has 0 N–H and O–H groups in total. The maximum Gasteiger partial charge on any atom is 0.320 e. The number of nitrogens with zero attached hydrogens (tertiary/aromatic N) is 4. The molecule has 2 saturated heterocycles. The van der Waals surface area contributed by atoms with Crippen LogP contribution in [0, 0.1) is 11.8 Å². The molecule has 1 aromatic rings. The van der Waals surface area contributed by atoms with E-state index in [2.05, 4.69) is 27.9 Å². The molecule has 0 radical (unpaired) electrons. The van der Waals surface area contributed by atoms with Crippen LogP contribution < -0.4 is 0 Å². The molecular weight excluding hydrogens is 328 g/mol. The summed E-state index contributed by atoms with van der Waals surface area (Å²) >= 11 is 0. The average molecular weight is 358 g/mol. The second kappa shape index (κ2) is 7.92. The maximum atomic E-state index is 12.9. The third kappa shape index (κ3) is 3.71. The zero-order valence-electron chi connectivity index (χ0n) is 15.7. The van der Waals surface area contributed by atoms with Crippen molar-refractivity contribution >= 4 is 6.03 Å². The van der Waals surface area contributed by atoms with Crippen LogP contribution in [0.2, 0.25) is 0 Å². The molecule has 0 spiro atoms. The third-order valence-corrected chi connectivity index (χ3v) is 6.33. The van der Waals surface area contributed by atoms with Crippen molar-refractivity contribution in [3.8, 4) is 0 Å². The van der Waals surface area contributed by atoms with Crippen molar-refractivity contribution < 1.29 is 9.53 Å². The third-order valence-electron chi connectivity index (χ3n) is 6.33. The highest BCUT2D eigenvalue weighted by Gasteiger charge is 2.43. The van der Waals surface area contributed by atoms with Gasteiger partial charge < -0.3 is 14.5 Å². The molecule has 1 aliphatic carbocycles. The molecule has 6 heteroatoms. The number of rotatable bonds is 3. The van der Waals surface area contributed by atoms with Gasteiger partial charge in [-0.3, -0.25) is 9.88 Å². The molecule has 6 nitrogen and oxygen atoms in total. The van der Waals surface area contributed by atoms with Crippen LogP contribution in [-0.2, 0) is 11.3 Å². The molecule has 0 aromatic carbocycles. The Morgan fingerprint density at radius 1 is 1.27 bits per heavy atom. The minimum Gasteiger partial charge on any atom is -0.378 e. The summed E-state index contributed by atoms with van der Waals surface area (Å²) in [7, 11) is 2.23. The lowest BCUT2D eigenvalue weighted by molar-refractivity contribution is 0.0444. The number of morpholine rings is 1. The van der Waals surface area contributed by atoms with Crippen LogP contribution in [0.4, 0.5) is 4.79 Å². The Labute approximate surface area is 156 Å². The van der Waals surface area contributed by atoms with Crippen molar-refractivity contribution in [2.75, 3.05) is 46.4 Å². The molecule has 1 aromatic heterocycles. The molecule has 3 heterocycles. The Morgan fingerprint density at radius 2 is 2.12 bits per heavy atom. The lowest BCUT2D eigenvalue weighted by Gasteiger charge is -2.39. The van der Waals surface area contributed by atoms with E-state index < -0.39 is 0 Å². The van der Waals surface area contributed by atoms with Gasteiger partial charge in [0.2, 0.25) is 0 Å². The van der Waals surface area contributed by atoms with Crippen molar-refractivity contribution in [1.29, 1.82) is 0 Å². The summed E-state index contributed by atoms with van der Waals surface area (Å²) in [4.78, 5) is 23.7. The molecule has 1 unspecified atom stereocenters. The highest BCUT2D eigenvalue weighted by molar-refractivity contribution is 5.75. The molecule has 2 amide bonds. The topological polar surface area (TPSA) is 48.9 Å². The Morgan fingerprint density at radius 3 is 2.88 bits per heavy atom. The first-order valence-electron chi connectivity index (χ1n) is 9.93. The van der Waals surface area contributed by atoms with Crippen molar-refractivity contribution in [2.45, 2.75) is 31.8 Å². The van der Waals surface area contributed by atoms with E-state index in [0.29, 0.717) is 31.1 Å². The summed E-state index contributed by atoms with van der Waals surface area (Å²) in [6.07, 6.45) is 7.54. The predicted octanol–water partition coefficient (Wildman–Crippen LogP) is 2.07. The molecule has 142 valence electrons. The Kier molecular flexibility index (Phi) is 5.41. The first-order chi connectivity index (χ1) is 12.7. The second-order valence-corrected chi connectivity index (χ2v) is 7.99. The van der Waals surface area contributed by atoms with Crippen molar-refractivity contribution in [3.63, 3.8) is 0 Å². The molecule has 2 aliphatic heterocycles. The summed E-state index contributed by atoms with van der Waals surface area (Å²) in [6, 6.07) is 4.92. The van der Waals surface area contributed by atoms with Crippen LogP contribution in [0.1, 0.15) is 24.8 Å². The fourth-order valence-corrected chi connectivity index (χ4v) is 5.00. The maximum absolute atomic E-state index is 12.9. The fraction of sp³-hybridized carbons (Fsp3) is 0.700. The average Bonchev–Trinajstić information content (AvgIpc) is 3.13.